The standard InChI is InChI=1S/C12H16ClNS/c13-10-3-1-2-4-11(10)15-8-7-12(9-14)5-6-12/h1-4H,5-9,14H2. The lowest BCUT2D eigenvalue weighted by Gasteiger charge is -2.11. The van der Waals surface area contributed by atoms with Gasteiger partial charge in [0.2, 0.25) is 0 Å². The fraction of sp³-hybridized carbons (Fsp3) is 0.500. The minimum Gasteiger partial charge on any atom is -0.330 e. The number of rotatable bonds is 5. The molecule has 2 rings (SSSR count). The first-order valence-corrected chi connectivity index (χ1v) is 6.70. The smallest absolute Gasteiger partial charge is 0.0541 e. The number of benzene rings is 1. The van der Waals surface area contributed by atoms with Gasteiger partial charge < -0.3 is 5.73 Å². The first-order chi connectivity index (χ1) is 7.26. The van der Waals surface area contributed by atoms with Crippen LogP contribution in [0.4, 0.5) is 0 Å². The van der Waals surface area contributed by atoms with Gasteiger partial charge >= 0.3 is 0 Å². The molecule has 3 heteroatoms. The van der Waals surface area contributed by atoms with Gasteiger partial charge in [0.1, 0.15) is 0 Å². The zero-order chi connectivity index (χ0) is 10.7. The average Bonchev–Trinajstić information content (AvgIpc) is 3.02. The SMILES string of the molecule is NCC1(CCSc2ccccc2Cl)CC1. The lowest BCUT2D eigenvalue weighted by atomic mass is 10.1. The van der Waals surface area contributed by atoms with Crippen LogP contribution in [-0.4, -0.2) is 12.3 Å². The van der Waals surface area contributed by atoms with Crippen LogP contribution in [0.2, 0.25) is 5.02 Å². The van der Waals surface area contributed by atoms with Gasteiger partial charge in [0.05, 0.1) is 5.02 Å². The number of halogens is 1. The zero-order valence-corrected chi connectivity index (χ0v) is 10.3. The maximum Gasteiger partial charge on any atom is 0.0541 e. The molecule has 1 aromatic carbocycles. The van der Waals surface area contributed by atoms with Crippen LogP contribution in [0.1, 0.15) is 19.3 Å². The molecule has 0 unspecified atom stereocenters. The molecular weight excluding hydrogens is 226 g/mol. The van der Waals surface area contributed by atoms with Crippen molar-refractivity contribution in [3.05, 3.63) is 29.3 Å². The Hall–Kier alpha value is -0.180. The van der Waals surface area contributed by atoms with E-state index in [4.69, 9.17) is 17.3 Å². The second-order valence-corrected chi connectivity index (χ2v) is 5.78. The monoisotopic (exact) mass is 241 g/mol. The van der Waals surface area contributed by atoms with Crippen molar-refractivity contribution >= 4 is 23.4 Å². The van der Waals surface area contributed by atoms with E-state index in [9.17, 15) is 0 Å². The van der Waals surface area contributed by atoms with E-state index in [1.807, 2.05) is 30.0 Å². The summed E-state index contributed by atoms with van der Waals surface area (Å²) < 4.78 is 0. The second-order valence-electron chi connectivity index (χ2n) is 4.23. The van der Waals surface area contributed by atoms with E-state index < -0.39 is 0 Å². The van der Waals surface area contributed by atoms with Crippen molar-refractivity contribution < 1.29 is 0 Å². The normalized spacial score (nSPS) is 17.7. The van der Waals surface area contributed by atoms with Gasteiger partial charge in [-0.25, -0.2) is 0 Å². The summed E-state index contributed by atoms with van der Waals surface area (Å²) in [7, 11) is 0. The van der Waals surface area contributed by atoms with E-state index in [1.54, 1.807) is 0 Å². The molecule has 0 saturated heterocycles. The molecule has 1 aromatic rings. The van der Waals surface area contributed by atoms with Crippen molar-refractivity contribution in [3.63, 3.8) is 0 Å². The van der Waals surface area contributed by atoms with Crippen molar-refractivity contribution in [1.29, 1.82) is 0 Å². The Bertz CT molecular complexity index is 336. The molecule has 0 aliphatic heterocycles. The van der Waals surface area contributed by atoms with Gasteiger partial charge in [-0.05, 0) is 49.1 Å². The summed E-state index contributed by atoms with van der Waals surface area (Å²) in [6.45, 7) is 0.843. The van der Waals surface area contributed by atoms with Crippen LogP contribution in [0, 0.1) is 5.41 Å². The van der Waals surface area contributed by atoms with E-state index >= 15 is 0 Å². The summed E-state index contributed by atoms with van der Waals surface area (Å²) in [5, 5.41) is 0.861. The molecule has 0 aromatic heterocycles. The molecule has 15 heavy (non-hydrogen) atoms. The highest BCUT2D eigenvalue weighted by atomic mass is 35.5. The Morgan fingerprint density at radius 3 is 2.67 bits per heavy atom. The van der Waals surface area contributed by atoms with Crippen LogP contribution in [-0.2, 0) is 0 Å². The summed E-state index contributed by atoms with van der Waals surface area (Å²) in [6.07, 6.45) is 3.85. The Labute approximate surface area is 100 Å². The van der Waals surface area contributed by atoms with Crippen LogP contribution in [0.3, 0.4) is 0 Å². The van der Waals surface area contributed by atoms with Gasteiger partial charge in [0.15, 0.2) is 0 Å². The predicted molar refractivity (Wildman–Crippen MR) is 67.5 cm³/mol. The van der Waals surface area contributed by atoms with Crippen LogP contribution in [0.5, 0.6) is 0 Å². The molecule has 1 saturated carbocycles. The maximum atomic E-state index is 6.08. The molecule has 82 valence electrons. The van der Waals surface area contributed by atoms with Crippen LogP contribution >= 0.6 is 23.4 Å². The Morgan fingerprint density at radius 2 is 2.07 bits per heavy atom. The van der Waals surface area contributed by atoms with Crippen molar-refractivity contribution in [1.82, 2.24) is 0 Å². The van der Waals surface area contributed by atoms with Crippen LogP contribution in [0.25, 0.3) is 0 Å². The fourth-order valence-corrected chi connectivity index (χ4v) is 3.11. The fourth-order valence-electron chi connectivity index (χ4n) is 1.67. The molecule has 1 fully saturated rings. The average molecular weight is 242 g/mol. The molecule has 0 heterocycles. The molecule has 0 atom stereocenters. The summed E-state index contributed by atoms with van der Waals surface area (Å²) in [4.78, 5) is 1.19. The Kier molecular flexibility index (Phi) is 3.60. The predicted octanol–water partition coefficient (Wildman–Crippen LogP) is 3.56. The molecule has 0 bridgehead atoms. The van der Waals surface area contributed by atoms with Crippen molar-refractivity contribution in [2.24, 2.45) is 11.1 Å². The minimum atomic E-state index is 0.480. The molecule has 2 N–H and O–H groups in total. The molecule has 1 aliphatic carbocycles. The minimum absolute atomic E-state index is 0.480. The molecule has 1 aliphatic rings. The van der Waals surface area contributed by atoms with E-state index in [0.717, 1.165) is 17.3 Å². The summed E-state index contributed by atoms with van der Waals surface area (Å²) in [5.41, 5.74) is 6.22. The summed E-state index contributed by atoms with van der Waals surface area (Å²) in [6, 6.07) is 8.02. The molecular formula is C12H16ClNS. The number of hydrogen-bond donors (Lipinski definition) is 1. The zero-order valence-electron chi connectivity index (χ0n) is 8.71. The van der Waals surface area contributed by atoms with Crippen molar-refractivity contribution in [2.45, 2.75) is 24.2 Å². The van der Waals surface area contributed by atoms with Gasteiger partial charge in [-0.15, -0.1) is 11.8 Å². The first-order valence-electron chi connectivity index (χ1n) is 5.33. The quantitative estimate of drug-likeness (QED) is 0.798. The van der Waals surface area contributed by atoms with Crippen LogP contribution < -0.4 is 5.73 Å². The third kappa shape index (κ3) is 2.90. The number of thioether (sulfide) groups is 1. The lowest BCUT2D eigenvalue weighted by Crippen LogP contribution is -2.15. The number of nitrogens with two attached hydrogens (primary N) is 1. The highest BCUT2D eigenvalue weighted by Crippen LogP contribution is 2.48. The third-order valence-corrected chi connectivity index (χ3v) is 4.63. The highest BCUT2D eigenvalue weighted by molar-refractivity contribution is 7.99. The maximum absolute atomic E-state index is 6.08. The molecule has 0 radical (unpaired) electrons. The van der Waals surface area contributed by atoms with Crippen molar-refractivity contribution in [2.75, 3.05) is 12.3 Å². The van der Waals surface area contributed by atoms with E-state index in [2.05, 4.69) is 6.07 Å². The summed E-state index contributed by atoms with van der Waals surface area (Å²) >= 11 is 7.92. The third-order valence-electron chi connectivity index (χ3n) is 3.12. The Balaban J connectivity index is 1.81. The molecule has 1 nitrogen and oxygen atoms in total. The van der Waals surface area contributed by atoms with Gasteiger partial charge in [-0.3, -0.25) is 0 Å². The topological polar surface area (TPSA) is 26.0 Å². The number of hydrogen-bond acceptors (Lipinski definition) is 2. The highest BCUT2D eigenvalue weighted by Gasteiger charge is 2.40. The van der Waals surface area contributed by atoms with E-state index in [0.29, 0.717) is 5.41 Å². The molecule has 0 spiro atoms. The second kappa shape index (κ2) is 4.77. The van der Waals surface area contributed by atoms with Gasteiger partial charge in [-0.2, -0.15) is 0 Å². The Morgan fingerprint density at radius 1 is 1.33 bits per heavy atom. The first kappa shape index (κ1) is 11.3. The van der Waals surface area contributed by atoms with Crippen LogP contribution in [0.15, 0.2) is 29.2 Å². The van der Waals surface area contributed by atoms with Gasteiger partial charge in [0.25, 0.3) is 0 Å². The largest absolute Gasteiger partial charge is 0.330 e. The van der Waals surface area contributed by atoms with Crippen molar-refractivity contribution in [3.8, 4) is 0 Å². The molecule has 0 amide bonds. The van der Waals surface area contributed by atoms with Gasteiger partial charge in [-0.1, -0.05) is 23.7 Å². The van der Waals surface area contributed by atoms with Gasteiger partial charge in [0, 0.05) is 4.90 Å². The lowest BCUT2D eigenvalue weighted by molar-refractivity contribution is 0.509. The van der Waals surface area contributed by atoms with E-state index in [-0.39, 0.29) is 0 Å². The summed E-state index contributed by atoms with van der Waals surface area (Å²) in [5.74, 6) is 1.13. The van der Waals surface area contributed by atoms with E-state index in [1.165, 1.54) is 24.2 Å².